The Bertz CT molecular complexity index is 487. The fraction of sp³-hybridized carbons (Fsp3) is 0.500. The van der Waals surface area contributed by atoms with Crippen LogP contribution in [0.3, 0.4) is 0 Å². The second-order valence-electron chi connectivity index (χ2n) is 3.28. The van der Waals surface area contributed by atoms with Crippen molar-refractivity contribution in [2.24, 2.45) is 0 Å². The number of fused-ring (bicyclic) bond motifs is 1. The third-order valence-corrected chi connectivity index (χ3v) is 3.77. The fourth-order valence-corrected chi connectivity index (χ4v) is 3.31. The minimum atomic E-state index is -3.05. The summed E-state index contributed by atoms with van der Waals surface area (Å²) in [4.78, 5) is 10.6. The highest BCUT2D eigenvalue weighted by molar-refractivity contribution is 7.90. The van der Waals surface area contributed by atoms with Crippen LogP contribution in [0.4, 0.5) is 0 Å². The smallest absolute Gasteiger partial charge is 0.170 e. The SMILES string of the molecule is CCn1nc(C=O)c2c1CS(=O)(=O)C2. The van der Waals surface area contributed by atoms with Crippen LogP contribution in [0.1, 0.15) is 28.7 Å². The van der Waals surface area contributed by atoms with E-state index < -0.39 is 9.84 Å². The minimum Gasteiger partial charge on any atom is -0.296 e. The van der Waals surface area contributed by atoms with Crippen molar-refractivity contribution < 1.29 is 13.2 Å². The zero-order valence-corrected chi connectivity index (χ0v) is 8.54. The second-order valence-corrected chi connectivity index (χ2v) is 5.34. The van der Waals surface area contributed by atoms with E-state index >= 15 is 0 Å². The average Bonchev–Trinajstić information content (AvgIpc) is 2.57. The molecule has 5 nitrogen and oxygen atoms in total. The molecule has 0 N–H and O–H groups in total. The predicted octanol–water partition coefficient (Wildman–Crippen LogP) is 0.144. The highest BCUT2D eigenvalue weighted by atomic mass is 32.2. The van der Waals surface area contributed by atoms with Crippen molar-refractivity contribution in [3.63, 3.8) is 0 Å². The molecule has 0 aliphatic carbocycles. The van der Waals surface area contributed by atoms with Gasteiger partial charge in [-0.15, -0.1) is 0 Å². The van der Waals surface area contributed by atoms with Crippen LogP contribution in [-0.2, 0) is 27.9 Å². The molecule has 0 atom stereocenters. The number of rotatable bonds is 2. The minimum absolute atomic E-state index is 0.0109. The first-order chi connectivity index (χ1) is 6.57. The van der Waals surface area contributed by atoms with Gasteiger partial charge < -0.3 is 0 Å². The molecule has 2 rings (SSSR count). The van der Waals surface area contributed by atoms with Gasteiger partial charge in [0.25, 0.3) is 0 Å². The number of hydrogen-bond acceptors (Lipinski definition) is 4. The van der Waals surface area contributed by atoms with Crippen LogP contribution in [0.2, 0.25) is 0 Å². The molecule has 0 amide bonds. The van der Waals surface area contributed by atoms with Crippen molar-refractivity contribution in [2.45, 2.75) is 25.0 Å². The van der Waals surface area contributed by atoms with Gasteiger partial charge in [0.05, 0.1) is 17.2 Å². The molecule has 1 aromatic heterocycles. The van der Waals surface area contributed by atoms with Gasteiger partial charge >= 0.3 is 0 Å². The van der Waals surface area contributed by atoms with Gasteiger partial charge in [-0.3, -0.25) is 9.48 Å². The number of hydrogen-bond donors (Lipinski definition) is 0. The molecule has 0 saturated heterocycles. The monoisotopic (exact) mass is 214 g/mol. The Balaban J connectivity index is 2.61. The van der Waals surface area contributed by atoms with E-state index in [1.807, 2.05) is 6.92 Å². The van der Waals surface area contributed by atoms with Gasteiger partial charge in [-0.1, -0.05) is 0 Å². The van der Waals surface area contributed by atoms with Crippen LogP contribution in [-0.4, -0.2) is 24.5 Å². The summed E-state index contributed by atoms with van der Waals surface area (Å²) >= 11 is 0. The Morgan fingerprint density at radius 2 is 2.21 bits per heavy atom. The van der Waals surface area contributed by atoms with Gasteiger partial charge in [0, 0.05) is 12.1 Å². The summed E-state index contributed by atoms with van der Waals surface area (Å²) in [5.41, 5.74) is 1.53. The van der Waals surface area contributed by atoms with Crippen LogP contribution in [0, 0.1) is 0 Å². The lowest BCUT2D eigenvalue weighted by Gasteiger charge is -1.98. The maximum atomic E-state index is 11.3. The zero-order chi connectivity index (χ0) is 10.3. The molecule has 2 heterocycles. The lowest BCUT2D eigenvalue weighted by atomic mass is 10.2. The first-order valence-electron chi connectivity index (χ1n) is 4.31. The summed E-state index contributed by atoms with van der Waals surface area (Å²) < 4.78 is 24.2. The summed E-state index contributed by atoms with van der Waals surface area (Å²) in [6.07, 6.45) is 0.617. The van der Waals surface area contributed by atoms with E-state index in [1.54, 1.807) is 4.68 Å². The number of carbonyl (C=O) groups excluding carboxylic acids is 1. The Hall–Kier alpha value is -1.17. The van der Waals surface area contributed by atoms with Crippen molar-refractivity contribution in [2.75, 3.05) is 0 Å². The summed E-state index contributed by atoms with van der Waals surface area (Å²) in [7, 11) is -3.05. The molecule has 0 unspecified atom stereocenters. The second kappa shape index (κ2) is 2.91. The van der Waals surface area contributed by atoms with E-state index in [0.29, 0.717) is 24.1 Å². The van der Waals surface area contributed by atoms with Crippen molar-refractivity contribution in [1.82, 2.24) is 9.78 Å². The van der Waals surface area contributed by atoms with Crippen LogP contribution in [0.5, 0.6) is 0 Å². The molecule has 1 aliphatic heterocycles. The average molecular weight is 214 g/mol. The highest BCUT2D eigenvalue weighted by Gasteiger charge is 2.31. The molecule has 1 aliphatic rings. The molecule has 0 bridgehead atoms. The molecular weight excluding hydrogens is 204 g/mol. The van der Waals surface area contributed by atoms with Crippen molar-refractivity contribution >= 4 is 16.1 Å². The number of aromatic nitrogens is 2. The Labute approximate surface area is 81.6 Å². The summed E-state index contributed by atoms with van der Waals surface area (Å²) in [5, 5.41) is 4.02. The highest BCUT2D eigenvalue weighted by Crippen LogP contribution is 2.27. The van der Waals surface area contributed by atoms with E-state index in [4.69, 9.17) is 0 Å². The first-order valence-corrected chi connectivity index (χ1v) is 6.13. The Morgan fingerprint density at radius 3 is 2.79 bits per heavy atom. The number of carbonyl (C=O) groups is 1. The quantitative estimate of drug-likeness (QED) is 0.657. The van der Waals surface area contributed by atoms with E-state index in [0.717, 1.165) is 0 Å². The van der Waals surface area contributed by atoms with Crippen LogP contribution in [0.15, 0.2) is 0 Å². The third kappa shape index (κ3) is 1.26. The van der Waals surface area contributed by atoms with Gasteiger partial charge in [-0.25, -0.2) is 8.42 Å². The molecule has 0 fully saturated rings. The van der Waals surface area contributed by atoms with Crippen LogP contribution in [0.25, 0.3) is 0 Å². The van der Waals surface area contributed by atoms with Crippen molar-refractivity contribution in [3.05, 3.63) is 17.0 Å². The summed E-state index contributed by atoms with van der Waals surface area (Å²) in [6, 6.07) is 0. The third-order valence-electron chi connectivity index (χ3n) is 2.33. The summed E-state index contributed by atoms with van der Waals surface area (Å²) in [5.74, 6) is -0.0343. The molecule has 0 saturated carbocycles. The van der Waals surface area contributed by atoms with Gasteiger partial charge in [-0.05, 0) is 6.92 Å². The molecule has 1 aromatic rings. The Morgan fingerprint density at radius 1 is 1.50 bits per heavy atom. The number of sulfone groups is 1. The largest absolute Gasteiger partial charge is 0.296 e. The normalized spacial score (nSPS) is 18.1. The van der Waals surface area contributed by atoms with E-state index in [9.17, 15) is 13.2 Å². The maximum absolute atomic E-state index is 11.3. The van der Waals surface area contributed by atoms with Gasteiger partial charge in [0.1, 0.15) is 5.69 Å². The van der Waals surface area contributed by atoms with E-state index in [1.165, 1.54) is 0 Å². The van der Waals surface area contributed by atoms with Gasteiger partial charge in [0.15, 0.2) is 16.1 Å². The van der Waals surface area contributed by atoms with E-state index in [-0.39, 0.29) is 17.2 Å². The topological polar surface area (TPSA) is 69.0 Å². The van der Waals surface area contributed by atoms with Crippen LogP contribution < -0.4 is 0 Å². The van der Waals surface area contributed by atoms with Crippen molar-refractivity contribution in [1.29, 1.82) is 0 Å². The Kier molecular flexibility index (Phi) is 1.95. The summed E-state index contributed by atoms with van der Waals surface area (Å²) in [6.45, 7) is 2.46. The fourth-order valence-electron chi connectivity index (χ4n) is 1.71. The molecule has 6 heteroatoms. The molecule has 14 heavy (non-hydrogen) atoms. The van der Waals surface area contributed by atoms with E-state index in [2.05, 4.69) is 5.10 Å². The molecule has 0 spiro atoms. The lowest BCUT2D eigenvalue weighted by Crippen LogP contribution is -2.06. The lowest BCUT2D eigenvalue weighted by molar-refractivity contribution is 0.111. The molecule has 0 aromatic carbocycles. The standard InChI is InChI=1S/C8H10N2O3S/c1-2-10-8-5-14(12,13)4-6(8)7(3-11)9-10/h3H,2,4-5H2,1H3. The first kappa shape index (κ1) is 9.39. The predicted molar refractivity (Wildman–Crippen MR) is 49.6 cm³/mol. The molecular formula is C8H10N2O3S. The number of nitrogens with zero attached hydrogens (tertiary/aromatic N) is 2. The molecule has 76 valence electrons. The van der Waals surface area contributed by atoms with Crippen molar-refractivity contribution in [3.8, 4) is 0 Å². The zero-order valence-electron chi connectivity index (χ0n) is 7.73. The van der Waals surface area contributed by atoms with Crippen LogP contribution >= 0.6 is 0 Å². The molecule has 0 radical (unpaired) electrons. The number of aldehydes is 1. The van der Waals surface area contributed by atoms with Gasteiger partial charge in [0.2, 0.25) is 0 Å². The van der Waals surface area contributed by atoms with Gasteiger partial charge in [-0.2, -0.15) is 5.10 Å². The maximum Gasteiger partial charge on any atom is 0.170 e. The number of aryl methyl sites for hydroxylation is 1.